The third-order valence-corrected chi connectivity index (χ3v) is 6.29. The highest BCUT2D eigenvalue weighted by molar-refractivity contribution is 5.73. The fourth-order valence-electron chi connectivity index (χ4n) is 4.05. The van der Waals surface area contributed by atoms with Crippen molar-refractivity contribution in [2.45, 2.75) is 57.7 Å². The van der Waals surface area contributed by atoms with Crippen molar-refractivity contribution >= 4 is 5.97 Å². The van der Waals surface area contributed by atoms with Crippen molar-refractivity contribution in [2.75, 3.05) is 7.11 Å². The minimum Gasteiger partial charge on any atom is -0.504 e. The zero-order valence-electron chi connectivity index (χ0n) is 19.4. The second-order valence-corrected chi connectivity index (χ2v) is 8.91. The predicted molar refractivity (Wildman–Crippen MR) is 122 cm³/mol. The van der Waals surface area contributed by atoms with E-state index in [4.69, 9.17) is 14.2 Å². The minimum absolute atomic E-state index is 0.105. The summed E-state index contributed by atoms with van der Waals surface area (Å²) in [6.07, 6.45) is -4.36. The third kappa shape index (κ3) is 6.11. The molecule has 0 saturated carbocycles. The average molecular weight is 477 g/mol. The molecule has 34 heavy (non-hydrogen) atoms. The van der Waals surface area contributed by atoms with E-state index >= 15 is 0 Å². The molecule has 2 unspecified atom stereocenters. The number of methoxy groups -OCH3 is 1. The van der Waals surface area contributed by atoms with Gasteiger partial charge in [0.2, 0.25) is 6.29 Å². The molecule has 1 heterocycles. The summed E-state index contributed by atoms with van der Waals surface area (Å²) in [5, 5.41) is 49.2. The van der Waals surface area contributed by atoms with Gasteiger partial charge in [-0.2, -0.15) is 0 Å². The largest absolute Gasteiger partial charge is 0.504 e. The Bertz CT molecular complexity index is 992. The third-order valence-electron chi connectivity index (χ3n) is 6.29. The Morgan fingerprint density at radius 2 is 1.62 bits per heavy atom. The van der Waals surface area contributed by atoms with Crippen molar-refractivity contribution in [1.29, 1.82) is 0 Å². The molecule has 9 nitrogen and oxygen atoms in total. The fraction of sp³-hybridized carbons (Fsp3) is 0.480. The topological polar surface area (TPSA) is 146 Å². The molecule has 3 rings (SSSR count). The van der Waals surface area contributed by atoms with Crippen LogP contribution in [0.5, 0.6) is 23.0 Å². The van der Waals surface area contributed by atoms with Gasteiger partial charge in [0.25, 0.3) is 0 Å². The molecule has 9 heteroatoms. The van der Waals surface area contributed by atoms with Crippen molar-refractivity contribution in [3.05, 3.63) is 47.5 Å². The van der Waals surface area contributed by atoms with E-state index in [-0.39, 0.29) is 35.5 Å². The molecule has 0 amide bonds. The van der Waals surface area contributed by atoms with Crippen molar-refractivity contribution in [3.63, 3.8) is 0 Å². The Kier molecular flexibility index (Phi) is 8.24. The second-order valence-electron chi connectivity index (χ2n) is 8.91. The number of aliphatic hydroxyl groups excluding tert-OH is 2. The smallest absolute Gasteiger partial charge is 0.335 e. The number of carbonyl (C=O) groups is 1. The first-order valence-corrected chi connectivity index (χ1v) is 11.2. The SMILES string of the molecule is COc1ccc(CC(C)C(C)Cc2ccc(O)c(O[C@H]3C[C@@H](O)[C@H](O)[C@@H](C(=O)O)O3)c2)cc1O. The van der Waals surface area contributed by atoms with Crippen LogP contribution in [0, 0.1) is 11.8 Å². The molecule has 6 atom stereocenters. The van der Waals surface area contributed by atoms with Crippen molar-refractivity contribution in [2.24, 2.45) is 11.8 Å². The highest BCUT2D eigenvalue weighted by Crippen LogP contribution is 2.33. The predicted octanol–water partition coefficient (Wildman–Crippen LogP) is 2.46. The van der Waals surface area contributed by atoms with Gasteiger partial charge >= 0.3 is 5.97 Å². The summed E-state index contributed by atoms with van der Waals surface area (Å²) in [6, 6.07) is 10.3. The Balaban J connectivity index is 1.65. The molecular formula is C25H32O9. The van der Waals surface area contributed by atoms with Crippen molar-refractivity contribution < 1.29 is 44.5 Å². The number of hydrogen-bond acceptors (Lipinski definition) is 8. The van der Waals surface area contributed by atoms with Gasteiger partial charge < -0.3 is 39.7 Å². The Morgan fingerprint density at radius 3 is 2.21 bits per heavy atom. The first-order chi connectivity index (χ1) is 16.1. The molecule has 0 aliphatic carbocycles. The normalized spacial score (nSPS) is 24.3. The van der Waals surface area contributed by atoms with Gasteiger partial charge in [0.05, 0.1) is 13.2 Å². The lowest BCUT2D eigenvalue weighted by Crippen LogP contribution is -2.53. The van der Waals surface area contributed by atoms with Gasteiger partial charge in [0.1, 0.15) is 6.10 Å². The molecule has 2 aromatic carbocycles. The van der Waals surface area contributed by atoms with Crippen LogP contribution in [0.25, 0.3) is 0 Å². The van der Waals surface area contributed by atoms with Gasteiger partial charge in [-0.1, -0.05) is 26.0 Å². The van der Waals surface area contributed by atoms with Crippen LogP contribution in [0.1, 0.15) is 31.4 Å². The monoisotopic (exact) mass is 476 g/mol. The first-order valence-electron chi connectivity index (χ1n) is 11.2. The zero-order chi connectivity index (χ0) is 25.0. The molecule has 1 fully saturated rings. The van der Waals surface area contributed by atoms with E-state index in [2.05, 4.69) is 13.8 Å². The standard InChI is InChI=1S/C25H32O9/c1-13(8-15-5-7-20(32-3)18(27)10-15)14(2)9-16-4-6-17(26)21(11-16)33-22-12-19(28)23(29)24(34-22)25(30)31/h4-7,10-11,13-14,19,22-24,26-29H,8-9,12H2,1-3H3,(H,30,31)/t13?,14?,19-,22-,23+,24+/m1/s1. The number of carboxylic acids is 1. The van der Waals surface area contributed by atoms with Crippen LogP contribution in [-0.4, -0.2) is 63.2 Å². The van der Waals surface area contributed by atoms with Gasteiger partial charge in [-0.15, -0.1) is 0 Å². The minimum atomic E-state index is -1.63. The van der Waals surface area contributed by atoms with Gasteiger partial charge in [-0.3, -0.25) is 0 Å². The van der Waals surface area contributed by atoms with Crippen LogP contribution in [0.4, 0.5) is 0 Å². The van der Waals surface area contributed by atoms with Crippen LogP contribution in [0.2, 0.25) is 0 Å². The summed E-state index contributed by atoms with van der Waals surface area (Å²) in [5.74, 6) is -0.385. The van der Waals surface area contributed by atoms with Crippen LogP contribution in [0.15, 0.2) is 36.4 Å². The maximum Gasteiger partial charge on any atom is 0.335 e. The molecule has 0 aromatic heterocycles. The maximum absolute atomic E-state index is 11.3. The molecule has 1 aliphatic rings. The van der Waals surface area contributed by atoms with Crippen molar-refractivity contribution in [1.82, 2.24) is 0 Å². The van der Waals surface area contributed by atoms with E-state index in [1.165, 1.54) is 13.2 Å². The number of rotatable bonds is 9. The lowest BCUT2D eigenvalue weighted by Gasteiger charge is -2.34. The number of aliphatic carboxylic acids is 1. The molecule has 0 bridgehead atoms. The summed E-state index contributed by atoms with van der Waals surface area (Å²) in [4.78, 5) is 11.3. The summed E-state index contributed by atoms with van der Waals surface area (Å²) in [5.41, 5.74) is 1.89. The molecular weight excluding hydrogens is 444 g/mol. The van der Waals surface area contributed by atoms with Crippen LogP contribution in [-0.2, 0) is 22.4 Å². The Labute approximate surface area is 198 Å². The number of benzene rings is 2. The first kappa shape index (κ1) is 25.6. The van der Waals surface area contributed by atoms with E-state index in [0.717, 1.165) is 17.5 Å². The maximum atomic E-state index is 11.3. The van der Waals surface area contributed by atoms with E-state index < -0.39 is 30.6 Å². The lowest BCUT2D eigenvalue weighted by atomic mass is 9.85. The molecule has 186 valence electrons. The molecule has 1 saturated heterocycles. The fourth-order valence-corrected chi connectivity index (χ4v) is 4.05. The van der Waals surface area contributed by atoms with E-state index in [0.29, 0.717) is 12.2 Å². The number of carboxylic acid groups (broad SMARTS) is 1. The summed E-state index contributed by atoms with van der Waals surface area (Å²) >= 11 is 0. The Morgan fingerprint density at radius 1 is 1.00 bits per heavy atom. The van der Waals surface area contributed by atoms with E-state index in [1.807, 2.05) is 6.07 Å². The summed E-state index contributed by atoms with van der Waals surface area (Å²) in [6.45, 7) is 4.24. The van der Waals surface area contributed by atoms with Crippen molar-refractivity contribution in [3.8, 4) is 23.0 Å². The number of hydrogen-bond donors (Lipinski definition) is 5. The summed E-state index contributed by atoms with van der Waals surface area (Å²) in [7, 11) is 1.51. The molecule has 5 N–H and O–H groups in total. The lowest BCUT2D eigenvalue weighted by molar-refractivity contribution is -0.228. The zero-order valence-corrected chi connectivity index (χ0v) is 19.4. The number of phenols is 2. The van der Waals surface area contributed by atoms with Gasteiger partial charge in [0.15, 0.2) is 29.1 Å². The molecule has 2 aromatic rings. The quantitative estimate of drug-likeness (QED) is 0.368. The van der Waals surface area contributed by atoms with Crippen LogP contribution in [0.3, 0.4) is 0 Å². The van der Waals surface area contributed by atoms with E-state index in [9.17, 15) is 30.3 Å². The highest BCUT2D eigenvalue weighted by atomic mass is 16.7. The second kappa shape index (κ2) is 10.9. The number of phenolic OH excluding ortho intramolecular Hbond substituents is 2. The van der Waals surface area contributed by atoms with Gasteiger partial charge in [0, 0.05) is 6.42 Å². The van der Waals surface area contributed by atoms with Gasteiger partial charge in [-0.25, -0.2) is 4.79 Å². The molecule has 1 aliphatic heterocycles. The molecule has 0 spiro atoms. The van der Waals surface area contributed by atoms with Crippen LogP contribution < -0.4 is 9.47 Å². The number of ether oxygens (including phenoxy) is 3. The number of aromatic hydroxyl groups is 2. The van der Waals surface area contributed by atoms with E-state index in [1.54, 1.807) is 24.3 Å². The summed E-state index contributed by atoms with van der Waals surface area (Å²) < 4.78 is 16.0. The highest BCUT2D eigenvalue weighted by Gasteiger charge is 2.42. The number of aliphatic hydroxyl groups is 2. The van der Waals surface area contributed by atoms with Gasteiger partial charge in [-0.05, 0) is 60.1 Å². The Hall–Kier alpha value is -3.01. The average Bonchev–Trinajstić information content (AvgIpc) is 2.78. The molecule has 0 radical (unpaired) electrons. The van der Waals surface area contributed by atoms with Crippen LogP contribution >= 0.6 is 0 Å².